The molecule has 72 valence electrons. The van der Waals surface area contributed by atoms with Gasteiger partial charge in [-0.05, 0) is 25.3 Å². The second-order valence-corrected chi connectivity index (χ2v) is 4.25. The van der Waals surface area contributed by atoms with Gasteiger partial charge in [-0.25, -0.2) is 0 Å². The predicted octanol–water partition coefficient (Wildman–Crippen LogP) is 2.81. The predicted molar refractivity (Wildman–Crippen MR) is 54.3 cm³/mol. The average molecular weight is 169 g/mol. The Morgan fingerprint density at radius 2 is 1.83 bits per heavy atom. The maximum atomic E-state index is 3.52. The lowest BCUT2D eigenvalue weighted by molar-refractivity contribution is 0.287. The zero-order chi connectivity index (χ0) is 8.97. The second kappa shape index (κ2) is 4.86. The van der Waals surface area contributed by atoms with E-state index in [0.29, 0.717) is 6.04 Å². The van der Waals surface area contributed by atoms with Gasteiger partial charge in [0.15, 0.2) is 0 Å². The molecule has 1 heteroatoms. The molecule has 1 aliphatic carbocycles. The summed E-state index contributed by atoms with van der Waals surface area (Å²) in [7, 11) is 0. The van der Waals surface area contributed by atoms with Gasteiger partial charge in [0.05, 0.1) is 0 Å². The first-order chi connectivity index (χ1) is 5.75. The molecule has 2 atom stereocenters. The Balaban J connectivity index is 2.29. The molecule has 0 radical (unpaired) electrons. The largest absolute Gasteiger partial charge is 0.314 e. The van der Waals surface area contributed by atoms with E-state index in [2.05, 4.69) is 26.1 Å². The minimum atomic E-state index is 0.707. The second-order valence-electron chi connectivity index (χ2n) is 4.25. The van der Waals surface area contributed by atoms with Gasteiger partial charge in [-0.1, -0.05) is 39.5 Å². The van der Waals surface area contributed by atoms with E-state index in [-0.39, 0.29) is 0 Å². The van der Waals surface area contributed by atoms with Crippen LogP contribution in [0.3, 0.4) is 0 Å². The van der Waals surface area contributed by atoms with Crippen LogP contribution in [-0.4, -0.2) is 12.6 Å². The van der Waals surface area contributed by atoms with E-state index in [1.165, 1.54) is 25.7 Å². The number of hydrogen-bond acceptors (Lipinski definition) is 1. The maximum absolute atomic E-state index is 3.52. The Morgan fingerprint density at radius 3 is 2.33 bits per heavy atom. The SMILES string of the molecule is CCNC(C)C(C)C1CCCC1. The zero-order valence-corrected chi connectivity index (χ0v) is 8.77. The van der Waals surface area contributed by atoms with Crippen LogP contribution in [0.25, 0.3) is 0 Å². The maximum Gasteiger partial charge on any atom is 0.00668 e. The highest BCUT2D eigenvalue weighted by Crippen LogP contribution is 2.32. The lowest BCUT2D eigenvalue weighted by Gasteiger charge is -2.26. The summed E-state index contributed by atoms with van der Waals surface area (Å²) in [6.07, 6.45) is 5.87. The van der Waals surface area contributed by atoms with E-state index in [4.69, 9.17) is 0 Å². The van der Waals surface area contributed by atoms with Crippen molar-refractivity contribution in [1.82, 2.24) is 5.32 Å². The summed E-state index contributed by atoms with van der Waals surface area (Å²) in [5, 5.41) is 3.52. The number of nitrogens with one attached hydrogen (secondary N) is 1. The molecule has 0 spiro atoms. The summed E-state index contributed by atoms with van der Waals surface area (Å²) in [5.74, 6) is 1.87. The molecule has 0 aromatic rings. The highest BCUT2D eigenvalue weighted by atomic mass is 14.9. The van der Waals surface area contributed by atoms with Gasteiger partial charge in [0, 0.05) is 6.04 Å². The lowest BCUT2D eigenvalue weighted by Crippen LogP contribution is -2.35. The monoisotopic (exact) mass is 169 g/mol. The molecule has 0 saturated heterocycles. The molecule has 1 N–H and O–H groups in total. The van der Waals surface area contributed by atoms with Crippen molar-refractivity contribution in [2.24, 2.45) is 11.8 Å². The third kappa shape index (κ3) is 2.48. The van der Waals surface area contributed by atoms with Crippen molar-refractivity contribution in [3.63, 3.8) is 0 Å². The quantitative estimate of drug-likeness (QED) is 0.682. The summed E-state index contributed by atoms with van der Waals surface area (Å²) in [4.78, 5) is 0. The van der Waals surface area contributed by atoms with Gasteiger partial charge >= 0.3 is 0 Å². The van der Waals surface area contributed by atoms with Crippen LogP contribution in [0.4, 0.5) is 0 Å². The lowest BCUT2D eigenvalue weighted by atomic mass is 9.87. The van der Waals surface area contributed by atoms with Gasteiger partial charge in [-0.2, -0.15) is 0 Å². The molecule has 0 amide bonds. The molecule has 1 saturated carbocycles. The highest BCUT2D eigenvalue weighted by Gasteiger charge is 2.24. The number of hydrogen-bond donors (Lipinski definition) is 1. The van der Waals surface area contributed by atoms with Crippen LogP contribution < -0.4 is 5.32 Å². The van der Waals surface area contributed by atoms with Crippen LogP contribution >= 0.6 is 0 Å². The van der Waals surface area contributed by atoms with Gasteiger partial charge in [-0.3, -0.25) is 0 Å². The Bertz CT molecular complexity index is 116. The summed E-state index contributed by atoms with van der Waals surface area (Å²) < 4.78 is 0. The molecule has 0 aliphatic heterocycles. The minimum absolute atomic E-state index is 0.707. The highest BCUT2D eigenvalue weighted by molar-refractivity contribution is 4.78. The van der Waals surface area contributed by atoms with Crippen molar-refractivity contribution in [2.75, 3.05) is 6.54 Å². The van der Waals surface area contributed by atoms with Crippen molar-refractivity contribution in [3.8, 4) is 0 Å². The van der Waals surface area contributed by atoms with Crippen molar-refractivity contribution in [1.29, 1.82) is 0 Å². The fourth-order valence-electron chi connectivity index (χ4n) is 2.40. The molecule has 1 rings (SSSR count). The van der Waals surface area contributed by atoms with Crippen LogP contribution in [0.5, 0.6) is 0 Å². The molecule has 1 nitrogen and oxygen atoms in total. The standard InChI is InChI=1S/C11H23N/c1-4-12-10(3)9(2)11-7-5-6-8-11/h9-12H,4-8H2,1-3H3. The van der Waals surface area contributed by atoms with E-state index >= 15 is 0 Å². The van der Waals surface area contributed by atoms with Crippen molar-refractivity contribution >= 4 is 0 Å². The summed E-state index contributed by atoms with van der Waals surface area (Å²) in [6.45, 7) is 8.03. The molecular weight excluding hydrogens is 146 g/mol. The van der Waals surface area contributed by atoms with Crippen molar-refractivity contribution in [3.05, 3.63) is 0 Å². The first-order valence-electron chi connectivity index (χ1n) is 5.49. The van der Waals surface area contributed by atoms with E-state index in [0.717, 1.165) is 18.4 Å². The van der Waals surface area contributed by atoms with Gasteiger partial charge in [0.25, 0.3) is 0 Å². The van der Waals surface area contributed by atoms with Gasteiger partial charge in [0.1, 0.15) is 0 Å². The summed E-state index contributed by atoms with van der Waals surface area (Å²) >= 11 is 0. The molecule has 1 fully saturated rings. The zero-order valence-electron chi connectivity index (χ0n) is 8.77. The van der Waals surface area contributed by atoms with E-state index in [1.54, 1.807) is 0 Å². The van der Waals surface area contributed by atoms with Crippen LogP contribution in [0.2, 0.25) is 0 Å². The Morgan fingerprint density at radius 1 is 1.25 bits per heavy atom. The first kappa shape index (κ1) is 10.0. The van der Waals surface area contributed by atoms with Crippen LogP contribution in [-0.2, 0) is 0 Å². The van der Waals surface area contributed by atoms with Crippen molar-refractivity contribution < 1.29 is 0 Å². The smallest absolute Gasteiger partial charge is 0.00668 e. The summed E-state index contributed by atoms with van der Waals surface area (Å²) in [6, 6.07) is 0.707. The molecular formula is C11H23N. The third-order valence-corrected chi connectivity index (χ3v) is 3.46. The van der Waals surface area contributed by atoms with Crippen LogP contribution in [0.1, 0.15) is 46.5 Å². The third-order valence-electron chi connectivity index (χ3n) is 3.46. The minimum Gasteiger partial charge on any atom is -0.314 e. The van der Waals surface area contributed by atoms with Crippen LogP contribution in [0, 0.1) is 11.8 Å². The fraction of sp³-hybridized carbons (Fsp3) is 1.00. The number of rotatable bonds is 4. The van der Waals surface area contributed by atoms with Crippen molar-refractivity contribution in [2.45, 2.75) is 52.5 Å². The van der Waals surface area contributed by atoms with Gasteiger partial charge in [0.2, 0.25) is 0 Å². The van der Waals surface area contributed by atoms with E-state index in [9.17, 15) is 0 Å². The van der Waals surface area contributed by atoms with Gasteiger partial charge < -0.3 is 5.32 Å². The normalized spacial score (nSPS) is 24.2. The van der Waals surface area contributed by atoms with E-state index in [1.807, 2.05) is 0 Å². The Kier molecular flexibility index (Phi) is 4.07. The molecule has 0 aromatic carbocycles. The molecule has 12 heavy (non-hydrogen) atoms. The molecule has 2 unspecified atom stereocenters. The van der Waals surface area contributed by atoms with E-state index < -0.39 is 0 Å². The topological polar surface area (TPSA) is 12.0 Å². The Labute approximate surface area is 76.9 Å². The molecule has 0 aromatic heterocycles. The summed E-state index contributed by atoms with van der Waals surface area (Å²) in [5.41, 5.74) is 0. The van der Waals surface area contributed by atoms with Gasteiger partial charge in [-0.15, -0.1) is 0 Å². The fourth-order valence-corrected chi connectivity index (χ4v) is 2.40. The first-order valence-corrected chi connectivity index (χ1v) is 5.49. The average Bonchev–Trinajstić information content (AvgIpc) is 2.55. The molecule has 0 bridgehead atoms. The van der Waals surface area contributed by atoms with Crippen LogP contribution in [0.15, 0.2) is 0 Å². The Hall–Kier alpha value is -0.0400. The molecule has 0 heterocycles. The molecule has 1 aliphatic rings.